The zero-order chi connectivity index (χ0) is 75.1. The van der Waals surface area contributed by atoms with Crippen molar-refractivity contribution in [3.05, 3.63) is 137 Å². The fourth-order valence-corrected chi connectivity index (χ4v) is 16.8. The van der Waals surface area contributed by atoms with Crippen molar-refractivity contribution in [2.45, 2.75) is 222 Å². The first-order valence-electron chi connectivity index (χ1n) is 37.5. The molecule has 2 saturated carbocycles. The summed E-state index contributed by atoms with van der Waals surface area (Å²) in [6, 6.07) is 0. The summed E-state index contributed by atoms with van der Waals surface area (Å²) in [6.07, 6.45) is 19.8. The summed E-state index contributed by atoms with van der Waals surface area (Å²) >= 11 is 0. The third-order valence-electron chi connectivity index (χ3n) is 22.2. The maximum Gasteiger partial charge on any atom is 0.340 e. The van der Waals surface area contributed by atoms with Crippen molar-refractivity contribution >= 4 is 57.7 Å². The number of ketones is 2. The van der Waals surface area contributed by atoms with E-state index in [1.807, 2.05) is 65.8 Å². The van der Waals surface area contributed by atoms with Crippen molar-refractivity contribution in [1.82, 2.24) is 19.9 Å². The molecule has 0 saturated heterocycles. The summed E-state index contributed by atoms with van der Waals surface area (Å²) in [5.74, 6) is -1.11. The number of esters is 4. The van der Waals surface area contributed by atoms with Crippen LogP contribution in [0.1, 0.15) is 337 Å². The molecule has 4 aromatic heterocycles. The minimum atomic E-state index is -0.635. The van der Waals surface area contributed by atoms with E-state index in [1.54, 1.807) is 0 Å². The third-order valence-corrected chi connectivity index (χ3v) is 22.2. The fourth-order valence-electron chi connectivity index (χ4n) is 16.8. The first-order valence-corrected chi connectivity index (χ1v) is 37.5. The third kappa shape index (κ3) is 16.1. The number of hydrogen-bond donors (Lipinski definition) is 2. The smallest absolute Gasteiger partial charge is 0.340 e. The number of methoxy groups -OCH3 is 4. The van der Waals surface area contributed by atoms with Crippen molar-refractivity contribution in [3.8, 4) is 0 Å². The molecule has 0 amide bonds. The lowest BCUT2D eigenvalue weighted by atomic mass is 9.71. The van der Waals surface area contributed by atoms with Crippen LogP contribution in [0.15, 0.2) is 24.3 Å². The van der Waals surface area contributed by atoms with E-state index < -0.39 is 24.1 Å². The van der Waals surface area contributed by atoms with Crippen LogP contribution in [0.3, 0.4) is 0 Å². The Morgan fingerprint density at radius 3 is 1.03 bits per heavy atom. The predicted molar refractivity (Wildman–Crippen MR) is 395 cm³/mol. The number of nitrogens with zero attached hydrogens (tertiary/aromatic N) is 4. The molecule has 0 unspecified atom stereocenters. The van der Waals surface area contributed by atoms with Gasteiger partial charge in [0.25, 0.3) is 0 Å². The number of aliphatic hydroxyl groups excluding tert-OH is 2. The molecule has 20 nitrogen and oxygen atoms in total. The first-order chi connectivity index (χ1) is 49.4. The van der Waals surface area contributed by atoms with Crippen molar-refractivity contribution < 1.29 is 76.9 Å². The first kappa shape index (κ1) is 77.6. The van der Waals surface area contributed by atoms with Crippen LogP contribution in [-0.4, -0.2) is 147 Å². The van der Waals surface area contributed by atoms with Crippen LogP contribution in [0.2, 0.25) is 0 Å². The van der Waals surface area contributed by atoms with E-state index >= 15 is 0 Å². The molecular formula is C84H108N4O16. The van der Waals surface area contributed by atoms with Crippen LogP contribution in [0.25, 0.3) is 22.3 Å². The average Bonchev–Trinajstić information content (AvgIpc) is 1.41. The molecule has 4 aliphatic heterocycles. The molecule has 6 aliphatic carbocycles. The van der Waals surface area contributed by atoms with Gasteiger partial charge in [0.1, 0.15) is 0 Å². The van der Waals surface area contributed by atoms with E-state index in [0.29, 0.717) is 130 Å². The zero-order valence-electron chi connectivity index (χ0n) is 64.1. The van der Waals surface area contributed by atoms with E-state index in [2.05, 4.69) is 41.5 Å². The molecular weight excluding hydrogens is 1320 g/mol. The maximum absolute atomic E-state index is 13.1. The number of pyridine rings is 4. The lowest BCUT2D eigenvalue weighted by Gasteiger charge is -2.37. The van der Waals surface area contributed by atoms with E-state index in [9.17, 15) is 39.0 Å². The highest BCUT2D eigenvalue weighted by Crippen LogP contribution is 2.59. The number of carbonyl (C=O) groups excluding carboxylic acids is 6. The van der Waals surface area contributed by atoms with E-state index in [4.69, 9.17) is 57.8 Å². The minimum absolute atomic E-state index is 0.0260. The number of Topliss-reactive ketones (excluding diaryl/α,β-unsaturated/α-hetero) is 2. The van der Waals surface area contributed by atoms with Crippen molar-refractivity contribution in [1.29, 1.82) is 0 Å². The van der Waals surface area contributed by atoms with Gasteiger partial charge >= 0.3 is 23.9 Å². The molecule has 2 spiro atoms. The lowest BCUT2D eigenvalue weighted by Crippen LogP contribution is -2.31. The van der Waals surface area contributed by atoms with Gasteiger partial charge in [-0.3, -0.25) is 29.5 Å². The molecule has 14 rings (SSSR count). The largest absolute Gasteiger partial charge is 0.465 e. The molecule has 104 heavy (non-hydrogen) atoms. The SMILES string of the molecule is COC(=O)c1c(C(C)C)nc2c(c1C1=CCOCC1)C(=O)CC(C)(C)C2.COC(=O)c1c(C(C)C)nc2c(c1C1=CCOCC1)C(=O)CC1(CC1)C2.COC(=O)c1c(C(C)C)nc2c(c1C1=CCOCC1)[C@@H](O)CC(C)(C)C2.COC(=O)c1c(C(C)C)nc2c(c1C1=CCOCC1)[C@@H](O)CC1(CC1)C2. The van der Waals surface area contributed by atoms with Crippen LogP contribution in [0, 0.1) is 21.7 Å². The molecule has 20 heteroatoms. The second-order valence-electron chi connectivity index (χ2n) is 32.8. The van der Waals surface area contributed by atoms with E-state index in [1.165, 1.54) is 28.4 Å². The summed E-state index contributed by atoms with van der Waals surface area (Å²) in [7, 11) is 5.56. The van der Waals surface area contributed by atoms with Gasteiger partial charge in [0, 0.05) is 68.7 Å². The Morgan fingerprint density at radius 1 is 0.394 bits per heavy atom. The molecule has 10 aliphatic rings. The maximum atomic E-state index is 13.1. The van der Waals surface area contributed by atoms with Crippen LogP contribution in [0.5, 0.6) is 0 Å². The van der Waals surface area contributed by atoms with Gasteiger partial charge in [0.2, 0.25) is 0 Å². The Balaban J connectivity index is 0.000000139. The second-order valence-corrected chi connectivity index (χ2v) is 32.8. The van der Waals surface area contributed by atoms with Crippen LogP contribution >= 0.6 is 0 Å². The molecule has 8 heterocycles. The van der Waals surface area contributed by atoms with Crippen molar-refractivity contribution in [2.75, 3.05) is 81.3 Å². The normalized spacial score (nSPS) is 21.4. The Bertz CT molecular complexity index is 3950. The Labute approximate surface area is 613 Å². The van der Waals surface area contributed by atoms with Gasteiger partial charge in [-0.05, 0) is 158 Å². The standard InChI is InChI=1S/C21H27NO4.C21H25NO4.C21H29NO4.C21H27NO4/c2*1-12(2)19-18(20(24)25-3)16(13-4-8-26-9-5-13)17-14(22-19)10-21(6-7-21)11-15(17)23;2*1-12(2)19-18(20(24)25-5)16(13-6-8-26-9-7-13)17-14(22-19)10-21(3,4)11-15(17)23/h4,12,15,23H,5-11H2,1-3H3;4,12H,5-11H2,1-3H3;6,12,15,23H,7-11H2,1-5H3;6,12H,7-11H2,1-5H3/t15-;;15-;/m0.0./s1. The number of rotatable bonds is 12. The molecule has 2 N–H and O–H groups in total. The summed E-state index contributed by atoms with van der Waals surface area (Å²) in [6.45, 7) is 29.2. The number of hydrogen-bond acceptors (Lipinski definition) is 20. The summed E-state index contributed by atoms with van der Waals surface area (Å²) < 4.78 is 42.2. The number of aliphatic hydroxyl groups is 2. The lowest BCUT2D eigenvalue weighted by molar-refractivity contribution is 0.0586. The van der Waals surface area contributed by atoms with Crippen molar-refractivity contribution in [2.24, 2.45) is 21.7 Å². The predicted octanol–water partition coefficient (Wildman–Crippen LogP) is 15.0. The second kappa shape index (κ2) is 31.5. The quantitative estimate of drug-likeness (QED) is 0.0985. The minimum Gasteiger partial charge on any atom is -0.465 e. The average molecular weight is 1430 g/mol. The number of aromatic nitrogens is 4. The molecule has 560 valence electrons. The van der Waals surface area contributed by atoms with Gasteiger partial charge in [-0.25, -0.2) is 19.2 Å². The van der Waals surface area contributed by atoms with Crippen molar-refractivity contribution in [3.63, 3.8) is 0 Å². The Hall–Kier alpha value is -7.46. The summed E-state index contributed by atoms with van der Waals surface area (Å²) in [5, 5.41) is 22.0. The Kier molecular flexibility index (Phi) is 23.5. The monoisotopic (exact) mass is 1430 g/mol. The van der Waals surface area contributed by atoms with Crippen LogP contribution < -0.4 is 0 Å². The van der Waals surface area contributed by atoms with Crippen LogP contribution in [-0.2, 0) is 63.6 Å². The highest BCUT2D eigenvalue weighted by molar-refractivity contribution is 6.10. The summed E-state index contributed by atoms with van der Waals surface area (Å²) in [4.78, 5) is 96.4. The summed E-state index contributed by atoms with van der Waals surface area (Å²) in [5.41, 5.74) is 18.9. The highest BCUT2D eigenvalue weighted by Gasteiger charge is 2.52. The number of fused-ring (bicyclic) bond motifs is 4. The van der Waals surface area contributed by atoms with Gasteiger partial charge in [-0.2, -0.15) is 0 Å². The molecule has 0 aromatic carbocycles. The highest BCUT2D eigenvalue weighted by atomic mass is 16.5. The zero-order valence-corrected chi connectivity index (χ0v) is 64.1. The van der Waals surface area contributed by atoms with Gasteiger partial charge in [0.05, 0.1) is 150 Å². The molecule has 2 atom stereocenters. The fraction of sp³-hybridized carbons (Fsp3) is 0.595. The van der Waals surface area contributed by atoms with Gasteiger partial charge in [-0.1, -0.05) is 107 Å². The molecule has 0 radical (unpaired) electrons. The van der Waals surface area contributed by atoms with E-state index in [0.717, 1.165) is 160 Å². The van der Waals surface area contributed by atoms with Gasteiger partial charge < -0.3 is 48.1 Å². The van der Waals surface area contributed by atoms with Gasteiger partial charge in [0.15, 0.2) is 11.6 Å². The molecule has 4 aromatic rings. The Morgan fingerprint density at radius 2 is 0.692 bits per heavy atom. The number of ether oxygens (including phenoxy) is 8. The van der Waals surface area contributed by atoms with Gasteiger partial charge in [-0.15, -0.1) is 0 Å². The topological polar surface area (TPSA) is 268 Å². The molecule has 2 fully saturated rings. The number of carbonyl (C=O) groups is 6. The molecule has 0 bridgehead atoms. The van der Waals surface area contributed by atoms with E-state index in [-0.39, 0.29) is 68.8 Å². The van der Waals surface area contributed by atoms with Crippen LogP contribution in [0.4, 0.5) is 0 Å².